The number of nitrogens with two attached hydrogens (primary N) is 1. The van der Waals surface area contributed by atoms with Crippen LogP contribution >= 0.6 is 0 Å². The van der Waals surface area contributed by atoms with Gasteiger partial charge in [0, 0.05) is 48.8 Å². The van der Waals surface area contributed by atoms with E-state index in [1.807, 2.05) is 12.1 Å². The minimum Gasteiger partial charge on any atom is -0.398 e. The summed E-state index contributed by atoms with van der Waals surface area (Å²) in [6.07, 6.45) is 6.42. The monoisotopic (exact) mass is 274 g/mol. The molecule has 1 aliphatic heterocycles. The van der Waals surface area contributed by atoms with Gasteiger partial charge in [-0.1, -0.05) is 26.2 Å². The van der Waals surface area contributed by atoms with E-state index in [1.165, 1.54) is 37.6 Å². The lowest BCUT2D eigenvalue weighted by atomic mass is 10.0. The summed E-state index contributed by atoms with van der Waals surface area (Å²) in [4.78, 5) is 2.47. The van der Waals surface area contributed by atoms with Gasteiger partial charge in [0.2, 0.25) is 0 Å². The first-order valence-corrected chi connectivity index (χ1v) is 7.63. The Hall–Kier alpha value is -1.55. The number of anilines is 2. The van der Waals surface area contributed by atoms with Gasteiger partial charge in [0.25, 0.3) is 0 Å². The molecule has 4 heteroatoms. The minimum absolute atomic E-state index is 0.553. The number of nitrogens with one attached hydrogen (secondary N) is 2. The van der Waals surface area contributed by atoms with Gasteiger partial charge in [-0.05, 0) is 24.6 Å². The fourth-order valence-corrected chi connectivity index (χ4v) is 2.85. The van der Waals surface area contributed by atoms with Crippen molar-refractivity contribution in [3.63, 3.8) is 0 Å². The predicted molar refractivity (Wildman–Crippen MR) is 86.9 cm³/mol. The maximum absolute atomic E-state index is 7.45. The number of hydrogen-bond donors (Lipinski definition) is 3. The molecule has 0 aromatic heterocycles. The molecule has 0 bridgehead atoms. The highest BCUT2D eigenvalue weighted by atomic mass is 15.2. The summed E-state index contributed by atoms with van der Waals surface area (Å²) in [6, 6.07) is 6.60. The fraction of sp³-hybridized carbons (Fsp3) is 0.562. The zero-order chi connectivity index (χ0) is 14.4. The lowest BCUT2D eigenvalue weighted by Gasteiger charge is -2.38. The van der Waals surface area contributed by atoms with Gasteiger partial charge < -0.3 is 21.4 Å². The molecule has 1 aromatic rings. The average Bonchev–Trinajstić information content (AvgIpc) is 2.49. The third-order valence-corrected chi connectivity index (χ3v) is 4.05. The Balaban J connectivity index is 2.12. The van der Waals surface area contributed by atoms with Crippen LogP contribution in [0.1, 0.15) is 38.2 Å². The van der Waals surface area contributed by atoms with Crippen LogP contribution in [0.5, 0.6) is 0 Å². The Morgan fingerprint density at radius 3 is 3.05 bits per heavy atom. The van der Waals surface area contributed by atoms with E-state index in [0.717, 1.165) is 25.2 Å². The largest absolute Gasteiger partial charge is 0.398 e. The van der Waals surface area contributed by atoms with Crippen LogP contribution < -0.4 is 16.0 Å². The standard InChI is InChI=1S/C16H26N4/c1-2-3-4-5-15-12-19-8-9-20(15)14-6-7-16(18)13(10-14)11-17/h6-7,10-11,15,17,19H,2-5,8-9,12,18H2,1H3. The van der Waals surface area contributed by atoms with E-state index in [0.29, 0.717) is 11.7 Å². The van der Waals surface area contributed by atoms with Crippen LogP contribution in [0.4, 0.5) is 11.4 Å². The first kappa shape index (κ1) is 14.9. The summed E-state index contributed by atoms with van der Waals surface area (Å²) < 4.78 is 0. The minimum atomic E-state index is 0.553. The molecular formula is C16H26N4. The summed E-state index contributed by atoms with van der Waals surface area (Å²) in [5, 5.41) is 10.9. The van der Waals surface area contributed by atoms with Gasteiger partial charge in [-0.15, -0.1) is 0 Å². The summed E-state index contributed by atoms with van der Waals surface area (Å²) in [5.41, 5.74) is 8.57. The SMILES string of the molecule is CCCCCC1CNCCN1c1ccc(N)c(C=N)c1. The number of benzene rings is 1. The van der Waals surface area contributed by atoms with Crippen molar-refractivity contribution in [2.75, 3.05) is 30.3 Å². The molecule has 1 aromatic carbocycles. The first-order chi connectivity index (χ1) is 9.76. The average molecular weight is 274 g/mol. The van der Waals surface area contributed by atoms with Crippen molar-refractivity contribution in [3.8, 4) is 0 Å². The van der Waals surface area contributed by atoms with Crippen molar-refractivity contribution in [2.24, 2.45) is 0 Å². The number of hydrogen-bond acceptors (Lipinski definition) is 4. The first-order valence-electron chi connectivity index (χ1n) is 7.63. The Kier molecular flexibility index (Phi) is 5.41. The van der Waals surface area contributed by atoms with Gasteiger partial charge >= 0.3 is 0 Å². The molecule has 1 atom stereocenters. The zero-order valence-corrected chi connectivity index (χ0v) is 12.4. The Morgan fingerprint density at radius 1 is 1.45 bits per heavy atom. The van der Waals surface area contributed by atoms with Gasteiger partial charge in [0.15, 0.2) is 0 Å². The lowest BCUT2D eigenvalue weighted by Crippen LogP contribution is -2.51. The Morgan fingerprint density at radius 2 is 2.30 bits per heavy atom. The van der Waals surface area contributed by atoms with Crippen molar-refractivity contribution in [1.82, 2.24) is 5.32 Å². The molecule has 1 aliphatic rings. The third kappa shape index (κ3) is 3.51. The maximum atomic E-state index is 7.45. The molecule has 0 saturated carbocycles. The highest BCUT2D eigenvalue weighted by Crippen LogP contribution is 2.24. The van der Waals surface area contributed by atoms with Crippen LogP contribution in [0, 0.1) is 5.41 Å². The maximum Gasteiger partial charge on any atom is 0.0415 e. The van der Waals surface area contributed by atoms with E-state index in [1.54, 1.807) is 0 Å². The molecule has 0 spiro atoms. The molecule has 0 radical (unpaired) electrons. The van der Waals surface area contributed by atoms with E-state index in [9.17, 15) is 0 Å². The van der Waals surface area contributed by atoms with Crippen molar-refractivity contribution in [3.05, 3.63) is 23.8 Å². The molecule has 1 fully saturated rings. The molecule has 20 heavy (non-hydrogen) atoms. The van der Waals surface area contributed by atoms with E-state index in [-0.39, 0.29) is 0 Å². The summed E-state index contributed by atoms with van der Waals surface area (Å²) in [6.45, 7) is 5.34. The molecule has 0 amide bonds. The fourth-order valence-electron chi connectivity index (χ4n) is 2.85. The van der Waals surface area contributed by atoms with Crippen LogP contribution in [0.15, 0.2) is 18.2 Å². The van der Waals surface area contributed by atoms with E-state index >= 15 is 0 Å². The second kappa shape index (κ2) is 7.29. The highest BCUT2D eigenvalue weighted by molar-refractivity contribution is 5.86. The lowest BCUT2D eigenvalue weighted by molar-refractivity contribution is 0.439. The Labute approximate surface area is 121 Å². The summed E-state index contributed by atoms with van der Waals surface area (Å²) in [5.74, 6) is 0. The number of unbranched alkanes of at least 4 members (excludes halogenated alkanes) is 2. The topological polar surface area (TPSA) is 65.1 Å². The molecular weight excluding hydrogens is 248 g/mol. The van der Waals surface area contributed by atoms with Crippen molar-refractivity contribution < 1.29 is 0 Å². The van der Waals surface area contributed by atoms with Crippen LogP contribution in [-0.2, 0) is 0 Å². The summed E-state index contributed by atoms with van der Waals surface area (Å²) >= 11 is 0. The van der Waals surface area contributed by atoms with Crippen LogP contribution in [0.25, 0.3) is 0 Å². The molecule has 110 valence electrons. The second-order valence-corrected chi connectivity index (χ2v) is 5.50. The van der Waals surface area contributed by atoms with Crippen LogP contribution in [-0.4, -0.2) is 31.9 Å². The zero-order valence-electron chi connectivity index (χ0n) is 12.4. The molecule has 4 N–H and O–H groups in total. The van der Waals surface area contributed by atoms with E-state index in [2.05, 4.69) is 23.2 Å². The van der Waals surface area contributed by atoms with Gasteiger partial charge in [0.1, 0.15) is 0 Å². The smallest absolute Gasteiger partial charge is 0.0415 e. The molecule has 1 unspecified atom stereocenters. The molecule has 4 nitrogen and oxygen atoms in total. The Bertz CT molecular complexity index is 444. The van der Waals surface area contributed by atoms with Crippen molar-refractivity contribution in [1.29, 1.82) is 5.41 Å². The quantitative estimate of drug-likeness (QED) is 0.424. The number of nitrogen functional groups attached to an aromatic ring is 1. The van der Waals surface area contributed by atoms with Crippen molar-refractivity contribution >= 4 is 17.6 Å². The van der Waals surface area contributed by atoms with E-state index < -0.39 is 0 Å². The van der Waals surface area contributed by atoms with Crippen molar-refractivity contribution in [2.45, 2.75) is 38.6 Å². The van der Waals surface area contributed by atoms with Crippen LogP contribution in [0.2, 0.25) is 0 Å². The predicted octanol–water partition coefficient (Wildman–Crippen LogP) is 2.62. The molecule has 1 saturated heterocycles. The van der Waals surface area contributed by atoms with Gasteiger partial charge in [-0.3, -0.25) is 0 Å². The third-order valence-electron chi connectivity index (χ3n) is 4.05. The van der Waals surface area contributed by atoms with Gasteiger partial charge in [0.05, 0.1) is 0 Å². The van der Waals surface area contributed by atoms with Crippen LogP contribution in [0.3, 0.4) is 0 Å². The molecule has 0 aliphatic carbocycles. The second-order valence-electron chi connectivity index (χ2n) is 5.50. The molecule has 1 heterocycles. The summed E-state index contributed by atoms with van der Waals surface area (Å²) in [7, 11) is 0. The molecule has 2 rings (SSSR count). The van der Waals surface area contributed by atoms with Gasteiger partial charge in [-0.2, -0.15) is 0 Å². The van der Waals surface area contributed by atoms with Gasteiger partial charge in [-0.25, -0.2) is 0 Å². The number of rotatable bonds is 6. The van der Waals surface area contributed by atoms with E-state index in [4.69, 9.17) is 11.1 Å². The highest BCUT2D eigenvalue weighted by Gasteiger charge is 2.22. The number of nitrogens with zero attached hydrogens (tertiary/aromatic N) is 1. The normalized spacial score (nSPS) is 19.1. The number of piperazine rings is 1.